The van der Waals surface area contributed by atoms with Crippen molar-refractivity contribution in [2.75, 3.05) is 18.7 Å². The number of phenolic OH excluding ortho intramolecular Hbond substituents is 1. The molecule has 1 N–H and O–H groups in total. The number of fused-ring (bicyclic) bond motifs is 1. The molecule has 0 saturated heterocycles. The zero-order valence-corrected chi connectivity index (χ0v) is 9.14. The van der Waals surface area contributed by atoms with Crippen molar-refractivity contribution in [2.24, 2.45) is 0 Å². The maximum atomic E-state index is 11.8. The summed E-state index contributed by atoms with van der Waals surface area (Å²) in [6.45, 7) is 1.82. The van der Waals surface area contributed by atoms with Crippen LogP contribution in [0.5, 0.6) is 11.5 Å². The van der Waals surface area contributed by atoms with E-state index < -0.39 is 6.10 Å². The van der Waals surface area contributed by atoms with Crippen LogP contribution in [0, 0.1) is 0 Å². The largest absolute Gasteiger partial charge is 0.508 e. The number of hydrogen-bond acceptors (Lipinski definition) is 4. The van der Waals surface area contributed by atoms with Crippen LogP contribution < -0.4 is 9.64 Å². The number of ether oxygens (including phenoxy) is 2. The van der Waals surface area contributed by atoms with Crippen LogP contribution in [0.3, 0.4) is 0 Å². The summed E-state index contributed by atoms with van der Waals surface area (Å²) < 4.78 is 10.4. The fourth-order valence-corrected chi connectivity index (χ4v) is 1.66. The van der Waals surface area contributed by atoms with Crippen molar-refractivity contribution in [3.63, 3.8) is 0 Å². The van der Waals surface area contributed by atoms with Gasteiger partial charge in [0.1, 0.15) is 18.2 Å². The number of carbonyl (C=O) groups is 1. The minimum atomic E-state index is -0.535. The summed E-state index contributed by atoms with van der Waals surface area (Å²) >= 11 is 0. The Morgan fingerprint density at radius 3 is 3.00 bits per heavy atom. The number of phenols is 1. The van der Waals surface area contributed by atoms with Gasteiger partial charge in [-0.3, -0.25) is 9.69 Å². The first kappa shape index (κ1) is 10.8. The van der Waals surface area contributed by atoms with Crippen molar-refractivity contribution in [2.45, 2.75) is 13.0 Å². The van der Waals surface area contributed by atoms with Gasteiger partial charge in [0.05, 0.1) is 5.69 Å². The monoisotopic (exact) mass is 223 g/mol. The van der Waals surface area contributed by atoms with E-state index in [0.717, 1.165) is 0 Å². The highest BCUT2D eigenvalue weighted by Crippen LogP contribution is 2.36. The normalized spacial score (nSPS) is 19.2. The van der Waals surface area contributed by atoms with Crippen LogP contribution in [-0.4, -0.2) is 31.0 Å². The van der Waals surface area contributed by atoms with Crippen LogP contribution >= 0.6 is 0 Å². The molecular weight excluding hydrogens is 210 g/mol. The zero-order chi connectivity index (χ0) is 11.7. The first-order chi connectivity index (χ1) is 7.63. The average Bonchev–Trinajstić information content (AvgIpc) is 2.26. The predicted octanol–water partition coefficient (Wildman–Crippen LogP) is 1.11. The van der Waals surface area contributed by atoms with Crippen molar-refractivity contribution in [3.05, 3.63) is 18.2 Å². The van der Waals surface area contributed by atoms with Crippen molar-refractivity contribution in [1.29, 1.82) is 0 Å². The average molecular weight is 223 g/mol. The van der Waals surface area contributed by atoms with E-state index in [0.29, 0.717) is 11.4 Å². The molecule has 1 heterocycles. The van der Waals surface area contributed by atoms with Gasteiger partial charge in [0.25, 0.3) is 5.91 Å². The minimum Gasteiger partial charge on any atom is -0.508 e. The van der Waals surface area contributed by atoms with E-state index in [1.165, 1.54) is 24.1 Å². The zero-order valence-electron chi connectivity index (χ0n) is 9.14. The number of carbonyl (C=O) groups excluding carboxylic acids is 1. The Hall–Kier alpha value is -1.75. The first-order valence-electron chi connectivity index (χ1n) is 4.93. The Morgan fingerprint density at radius 2 is 2.31 bits per heavy atom. The van der Waals surface area contributed by atoms with Gasteiger partial charge in [0.15, 0.2) is 6.10 Å². The smallest absolute Gasteiger partial charge is 0.269 e. The highest BCUT2D eigenvalue weighted by Gasteiger charge is 2.31. The summed E-state index contributed by atoms with van der Waals surface area (Å²) in [4.78, 5) is 13.3. The molecule has 1 aliphatic rings. The Kier molecular flexibility index (Phi) is 2.70. The molecule has 2 rings (SSSR count). The third kappa shape index (κ3) is 1.69. The highest BCUT2D eigenvalue weighted by atomic mass is 16.5. The van der Waals surface area contributed by atoms with Gasteiger partial charge in [-0.05, 0) is 19.1 Å². The Balaban J connectivity index is 2.45. The van der Waals surface area contributed by atoms with Gasteiger partial charge in [-0.2, -0.15) is 0 Å². The molecule has 0 spiro atoms. The number of amides is 1. The number of hydrogen-bond donors (Lipinski definition) is 1. The van der Waals surface area contributed by atoms with Crippen molar-refractivity contribution >= 4 is 11.6 Å². The van der Waals surface area contributed by atoms with Crippen LogP contribution in [0.2, 0.25) is 0 Å². The molecular formula is C11H13NO4. The lowest BCUT2D eigenvalue weighted by Gasteiger charge is -2.32. The lowest BCUT2D eigenvalue weighted by Crippen LogP contribution is -2.45. The molecule has 0 fully saturated rings. The van der Waals surface area contributed by atoms with Gasteiger partial charge in [-0.25, -0.2) is 0 Å². The van der Waals surface area contributed by atoms with Gasteiger partial charge in [0.2, 0.25) is 0 Å². The number of anilines is 1. The lowest BCUT2D eigenvalue weighted by molar-refractivity contribution is -0.126. The van der Waals surface area contributed by atoms with Crippen molar-refractivity contribution in [1.82, 2.24) is 0 Å². The lowest BCUT2D eigenvalue weighted by atomic mass is 10.2. The number of nitrogens with zero attached hydrogens (tertiary/aromatic N) is 1. The first-order valence-corrected chi connectivity index (χ1v) is 4.93. The third-order valence-electron chi connectivity index (χ3n) is 2.41. The molecule has 5 heteroatoms. The summed E-state index contributed by atoms with van der Waals surface area (Å²) in [5.74, 6) is 0.479. The number of benzene rings is 1. The number of aromatic hydroxyl groups is 1. The quantitative estimate of drug-likeness (QED) is 0.816. The molecule has 0 radical (unpaired) electrons. The highest BCUT2D eigenvalue weighted by molar-refractivity contribution is 5.99. The van der Waals surface area contributed by atoms with Crippen molar-refractivity contribution in [3.8, 4) is 11.5 Å². The Bertz CT molecular complexity index is 418. The molecule has 16 heavy (non-hydrogen) atoms. The minimum absolute atomic E-state index is 0.0887. The fraction of sp³-hybridized carbons (Fsp3) is 0.364. The van der Waals surface area contributed by atoms with E-state index in [1.807, 2.05) is 0 Å². The summed E-state index contributed by atoms with van der Waals surface area (Å²) in [5.41, 5.74) is 0.532. The Morgan fingerprint density at radius 1 is 1.56 bits per heavy atom. The van der Waals surface area contributed by atoms with Gasteiger partial charge < -0.3 is 14.6 Å². The molecule has 0 saturated carbocycles. The number of rotatable bonds is 2. The molecule has 1 aromatic rings. The molecule has 1 atom stereocenters. The molecule has 1 aliphatic heterocycles. The predicted molar refractivity (Wildman–Crippen MR) is 57.6 cm³/mol. The maximum absolute atomic E-state index is 11.8. The van der Waals surface area contributed by atoms with Crippen LogP contribution in [0.4, 0.5) is 5.69 Å². The second kappa shape index (κ2) is 4.02. The number of methoxy groups -OCH3 is 1. The summed E-state index contributed by atoms with van der Waals surface area (Å²) in [6.07, 6.45) is -0.535. The van der Waals surface area contributed by atoms with Gasteiger partial charge in [-0.15, -0.1) is 0 Å². The molecule has 0 aromatic heterocycles. The van der Waals surface area contributed by atoms with E-state index in [9.17, 15) is 9.90 Å². The molecule has 0 aliphatic carbocycles. The summed E-state index contributed by atoms with van der Waals surface area (Å²) in [6, 6.07) is 4.64. The topological polar surface area (TPSA) is 59.0 Å². The van der Waals surface area contributed by atoms with Crippen LogP contribution in [0.25, 0.3) is 0 Å². The van der Waals surface area contributed by atoms with Gasteiger partial charge >= 0.3 is 0 Å². The second-order valence-electron chi connectivity index (χ2n) is 3.60. The van der Waals surface area contributed by atoms with Gasteiger partial charge in [0, 0.05) is 13.2 Å². The maximum Gasteiger partial charge on any atom is 0.269 e. The summed E-state index contributed by atoms with van der Waals surface area (Å²) in [7, 11) is 1.51. The van der Waals surface area contributed by atoms with E-state index in [1.54, 1.807) is 13.0 Å². The molecule has 1 amide bonds. The van der Waals surface area contributed by atoms with Crippen LogP contribution in [0.15, 0.2) is 18.2 Å². The molecule has 1 unspecified atom stereocenters. The van der Waals surface area contributed by atoms with Gasteiger partial charge in [-0.1, -0.05) is 0 Å². The molecule has 1 aromatic carbocycles. The molecule has 0 bridgehead atoms. The van der Waals surface area contributed by atoms with E-state index in [2.05, 4.69) is 0 Å². The second-order valence-corrected chi connectivity index (χ2v) is 3.60. The van der Waals surface area contributed by atoms with E-state index in [4.69, 9.17) is 9.47 Å². The van der Waals surface area contributed by atoms with E-state index >= 15 is 0 Å². The Labute approximate surface area is 93.2 Å². The van der Waals surface area contributed by atoms with Crippen LogP contribution in [-0.2, 0) is 9.53 Å². The van der Waals surface area contributed by atoms with Crippen LogP contribution in [0.1, 0.15) is 6.92 Å². The fourth-order valence-electron chi connectivity index (χ4n) is 1.66. The molecule has 5 nitrogen and oxygen atoms in total. The molecule has 86 valence electrons. The third-order valence-corrected chi connectivity index (χ3v) is 2.41. The van der Waals surface area contributed by atoms with E-state index in [-0.39, 0.29) is 18.4 Å². The summed E-state index contributed by atoms with van der Waals surface area (Å²) in [5, 5.41) is 9.39. The standard InChI is InChI=1S/C11H13NO4/c1-7-11(14)12(6-15-2)9-5-8(13)3-4-10(9)16-7/h3-5,7,13H,6H2,1-2H3. The SMILES string of the molecule is COCN1C(=O)C(C)Oc2ccc(O)cc21. The van der Waals surface area contributed by atoms with Crippen molar-refractivity contribution < 1.29 is 19.4 Å².